The van der Waals surface area contributed by atoms with Crippen LogP contribution in [0.2, 0.25) is 0 Å². The Hall–Kier alpha value is -3.00. The van der Waals surface area contributed by atoms with Gasteiger partial charge in [-0.2, -0.15) is 0 Å². The number of rotatable bonds is 9. The van der Waals surface area contributed by atoms with Crippen LogP contribution < -0.4 is 14.4 Å². The molecule has 1 saturated heterocycles. The van der Waals surface area contributed by atoms with E-state index < -0.39 is 11.9 Å². The molecular weight excluding hydrogens is 415 g/mol. The van der Waals surface area contributed by atoms with Crippen LogP contribution in [-0.4, -0.2) is 47.6 Å². The molecule has 0 bridgehead atoms. The first-order chi connectivity index (χ1) is 15.5. The van der Waals surface area contributed by atoms with Crippen LogP contribution in [0.3, 0.4) is 0 Å². The third-order valence-electron chi connectivity index (χ3n) is 6.02. The minimum atomic E-state index is -0.699. The second-order valence-electron chi connectivity index (χ2n) is 8.35. The summed E-state index contributed by atoms with van der Waals surface area (Å²) in [6.45, 7) is 3.12. The van der Waals surface area contributed by atoms with Gasteiger partial charge >= 0.3 is 0 Å². The Labute approximate surface area is 186 Å². The Morgan fingerprint density at radius 1 is 1.25 bits per heavy atom. The van der Waals surface area contributed by atoms with E-state index in [1.54, 1.807) is 18.2 Å². The van der Waals surface area contributed by atoms with Crippen molar-refractivity contribution >= 4 is 17.4 Å². The van der Waals surface area contributed by atoms with Gasteiger partial charge in [0.05, 0.1) is 12.8 Å². The number of nitrogens with zero attached hydrogens (tertiary/aromatic N) is 2. The van der Waals surface area contributed by atoms with Crippen LogP contribution in [0.15, 0.2) is 30.5 Å². The van der Waals surface area contributed by atoms with Crippen molar-refractivity contribution in [1.82, 2.24) is 4.98 Å². The fourth-order valence-corrected chi connectivity index (χ4v) is 4.09. The molecule has 1 unspecified atom stereocenters. The third-order valence-corrected chi connectivity index (χ3v) is 6.02. The highest BCUT2D eigenvalue weighted by Gasteiger charge is 2.36. The zero-order valence-corrected chi connectivity index (χ0v) is 18.1. The van der Waals surface area contributed by atoms with Gasteiger partial charge in [0, 0.05) is 43.3 Å². The normalized spacial score (nSPS) is 18.7. The SMILES string of the molecule is CC(CCO)CCOc1ccc(O[C@@H]2CCN(c3cc(F)c4c(c3)C(=O)CC4)C2=O)cn1. The molecule has 7 nitrogen and oxygen atoms in total. The van der Waals surface area contributed by atoms with Crippen LogP contribution in [0.1, 0.15) is 48.5 Å². The van der Waals surface area contributed by atoms with Crippen molar-refractivity contribution in [3.8, 4) is 11.6 Å². The maximum atomic E-state index is 14.4. The number of anilines is 1. The first-order valence-electron chi connectivity index (χ1n) is 11.0. The highest BCUT2D eigenvalue weighted by Crippen LogP contribution is 2.32. The number of ketones is 1. The van der Waals surface area contributed by atoms with E-state index in [1.165, 1.54) is 17.2 Å². The number of halogens is 1. The minimum Gasteiger partial charge on any atom is -0.479 e. The first kappa shape index (κ1) is 22.2. The van der Waals surface area contributed by atoms with Crippen molar-refractivity contribution < 1.29 is 28.6 Å². The molecule has 8 heteroatoms. The van der Waals surface area contributed by atoms with Crippen LogP contribution in [0, 0.1) is 11.7 Å². The van der Waals surface area contributed by atoms with E-state index in [0.29, 0.717) is 66.8 Å². The third kappa shape index (κ3) is 4.75. The molecule has 2 aromatic rings. The standard InChI is InChI=1S/C24H27FN2O5/c1-15(7-10-28)8-11-31-23-5-2-17(14-26-23)32-22-6-9-27(24(22)30)16-12-19-18(20(25)13-16)3-4-21(19)29/h2,5,12-15,22,28H,3-4,6-11H2,1H3/t15?,22-/m1/s1. The molecule has 1 N–H and O–H groups in total. The van der Waals surface area contributed by atoms with Crippen molar-refractivity contribution in [3.63, 3.8) is 0 Å². The Balaban J connectivity index is 1.34. The molecule has 170 valence electrons. The molecule has 1 fully saturated rings. The predicted molar refractivity (Wildman–Crippen MR) is 116 cm³/mol. The summed E-state index contributed by atoms with van der Waals surface area (Å²) >= 11 is 0. The number of aliphatic hydroxyl groups is 1. The molecule has 4 rings (SSSR count). The van der Waals surface area contributed by atoms with E-state index >= 15 is 0 Å². The molecule has 0 saturated carbocycles. The number of carbonyl (C=O) groups is 2. The van der Waals surface area contributed by atoms with Gasteiger partial charge in [0.2, 0.25) is 5.88 Å². The minimum absolute atomic E-state index is 0.0866. The number of hydrogen-bond donors (Lipinski definition) is 1. The number of carbonyl (C=O) groups excluding carboxylic acids is 2. The Kier molecular flexibility index (Phi) is 6.69. The average Bonchev–Trinajstić information content (AvgIpc) is 3.33. The number of Topliss-reactive ketones (excluding diaryl/α,β-unsaturated/α-hetero) is 1. The van der Waals surface area contributed by atoms with Gasteiger partial charge in [0.15, 0.2) is 11.9 Å². The summed E-state index contributed by atoms with van der Waals surface area (Å²) < 4.78 is 25.8. The van der Waals surface area contributed by atoms with Crippen molar-refractivity contribution in [1.29, 1.82) is 0 Å². The largest absolute Gasteiger partial charge is 0.479 e. The molecule has 32 heavy (non-hydrogen) atoms. The molecular formula is C24H27FN2O5. The van der Waals surface area contributed by atoms with E-state index in [-0.39, 0.29) is 18.3 Å². The average molecular weight is 442 g/mol. The molecule has 1 aromatic heterocycles. The van der Waals surface area contributed by atoms with Gasteiger partial charge < -0.3 is 19.5 Å². The number of aliphatic hydroxyl groups excluding tert-OH is 1. The predicted octanol–water partition coefficient (Wildman–Crippen LogP) is 3.32. The lowest BCUT2D eigenvalue weighted by Gasteiger charge is -2.18. The Morgan fingerprint density at radius 2 is 2.09 bits per heavy atom. The van der Waals surface area contributed by atoms with Crippen molar-refractivity contribution in [2.45, 2.75) is 45.1 Å². The highest BCUT2D eigenvalue weighted by molar-refractivity contribution is 6.04. The van der Waals surface area contributed by atoms with Crippen LogP contribution in [0.4, 0.5) is 10.1 Å². The number of aromatic nitrogens is 1. The van der Waals surface area contributed by atoms with Crippen LogP contribution in [0.5, 0.6) is 11.6 Å². The van der Waals surface area contributed by atoms with Gasteiger partial charge in [-0.3, -0.25) is 9.59 Å². The summed E-state index contributed by atoms with van der Waals surface area (Å²) in [7, 11) is 0. The fourth-order valence-electron chi connectivity index (χ4n) is 4.09. The maximum absolute atomic E-state index is 14.4. The molecule has 2 heterocycles. The molecule has 2 aliphatic rings. The molecule has 1 aliphatic heterocycles. The summed E-state index contributed by atoms with van der Waals surface area (Å²) in [6, 6.07) is 6.32. The number of ether oxygens (including phenoxy) is 2. The molecule has 0 spiro atoms. The van der Waals surface area contributed by atoms with Crippen LogP contribution in [-0.2, 0) is 11.2 Å². The van der Waals surface area contributed by atoms with Crippen LogP contribution >= 0.6 is 0 Å². The Morgan fingerprint density at radius 3 is 2.84 bits per heavy atom. The lowest BCUT2D eigenvalue weighted by molar-refractivity contribution is -0.122. The summed E-state index contributed by atoms with van der Waals surface area (Å²) in [5.74, 6) is 0.486. The summed E-state index contributed by atoms with van der Waals surface area (Å²) in [5.41, 5.74) is 1.21. The maximum Gasteiger partial charge on any atom is 0.268 e. The smallest absolute Gasteiger partial charge is 0.268 e. The number of fused-ring (bicyclic) bond motifs is 1. The van der Waals surface area contributed by atoms with E-state index in [1.807, 2.05) is 0 Å². The van der Waals surface area contributed by atoms with Crippen molar-refractivity contribution in [3.05, 3.63) is 47.4 Å². The monoisotopic (exact) mass is 442 g/mol. The second kappa shape index (κ2) is 9.65. The lowest BCUT2D eigenvalue weighted by atomic mass is 10.1. The van der Waals surface area contributed by atoms with Crippen LogP contribution in [0.25, 0.3) is 0 Å². The van der Waals surface area contributed by atoms with Crippen molar-refractivity contribution in [2.24, 2.45) is 5.92 Å². The number of benzene rings is 1. The van der Waals surface area contributed by atoms with Gasteiger partial charge in [0.25, 0.3) is 5.91 Å². The van der Waals surface area contributed by atoms with Gasteiger partial charge in [-0.25, -0.2) is 9.37 Å². The zero-order chi connectivity index (χ0) is 22.7. The molecule has 2 atom stereocenters. The molecule has 0 radical (unpaired) electrons. The van der Waals surface area contributed by atoms with Gasteiger partial charge in [-0.1, -0.05) is 6.92 Å². The molecule has 1 aromatic carbocycles. The van der Waals surface area contributed by atoms with E-state index in [4.69, 9.17) is 14.6 Å². The van der Waals surface area contributed by atoms with Gasteiger partial charge in [-0.05, 0) is 48.9 Å². The van der Waals surface area contributed by atoms with Gasteiger partial charge in [-0.15, -0.1) is 0 Å². The summed E-state index contributed by atoms with van der Waals surface area (Å²) in [5, 5.41) is 8.94. The quantitative estimate of drug-likeness (QED) is 0.641. The second-order valence-corrected chi connectivity index (χ2v) is 8.35. The number of hydrogen-bond acceptors (Lipinski definition) is 6. The molecule has 1 aliphatic carbocycles. The molecule has 1 amide bonds. The summed E-state index contributed by atoms with van der Waals surface area (Å²) in [6.07, 6.45) is 3.54. The van der Waals surface area contributed by atoms with E-state index in [0.717, 1.165) is 12.8 Å². The first-order valence-corrected chi connectivity index (χ1v) is 11.0. The van der Waals surface area contributed by atoms with E-state index in [2.05, 4.69) is 11.9 Å². The Bertz CT molecular complexity index is 995. The number of pyridine rings is 1. The highest BCUT2D eigenvalue weighted by atomic mass is 19.1. The van der Waals surface area contributed by atoms with Crippen molar-refractivity contribution in [2.75, 3.05) is 24.7 Å². The van der Waals surface area contributed by atoms with Gasteiger partial charge in [0.1, 0.15) is 11.6 Å². The fraction of sp³-hybridized carbons (Fsp3) is 0.458. The lowest BCUT2D eigenvalue weighted by Crippen LogP contribution is -2.32. The zero-order valence-electron chi connectivity index (χ0n) is 18.1. The number of amides is 1. The van der Waals surface area contributed by atoms with E-state index in [9.17, 15) is 14.0 Å². The topological polar surface area (TPSA) is 89.0 Å². The summed E-state index contributed by atoms with van der Waals surface area (Å²) in [4.78, 5) is 30.6.